The average Bonchev–Trinajstić information content (AvgIpc) is 2.76. The maximum Gasteiger partial charge on any atom is 0.320 e. The van der Waals surface area contributed by atoms with Crippen LogP contribution in [0.1, 0.15) is 23.5 Å². The first-order chi connectivity index (χ1) is 8.56. The first kappa shape index (κ1) is 13.1. The van der Waals surface area contributed by atoms with E-state index in [0.29, 0.717) is 12.3 Å². The van der Waals surface area contributed by atoms with Gasteiger partial charge in [0.05, 0.1) is 0 Å². The van der Waals surface area contributed by atoms with Gasteiger partial charge in [-0.3, -0.25) is 4.79 Å². The van der Waals surface area contributed by atoms with Gasteiger partial charge in [-0.15, -0.1) is 0 Å². The maximum absolute atomic E-state index is 10.7. The van der Waals surface area contributed by atoms with E-state index in [4.69, 9.17) is 10.8 Å². The van der Waals surface area contributed by atoms with Crippen molar-refractivity contribution in [1.29, 1.82) is 0 Å². The number of rotatable bonds is 4. The monoisotopic (exact) mass is 248 g/mol. The van der Waals surface area contributed by atoms with Crippen molar-refractivity contribution < 1.29 is 9.90 Å². The second kappa shape index (κ2) is 5.50. The quantitative estimate of drug-likeness (QED) is 0.836. The van der Waals surface area contributed by atoms with Gasteiger partial charge in [-0.05, 0) is 43.5 Å². The molecule has 1 saturated heterocycles. The molecule has 0 saturated carbocycles. The molecule has 0 amide bonds. The highest BCUT2D eigenvalue weighted by molar-refractivity contribution is 5.73. The molecule has 2 unspecified atom stereocenters. The zero-order valence-electron chi connectivity index (χ0n) is 10.7. The number of carboxylic acid groups (broad SMARTS) is 1. The van der Waals surface area contributed by atoms with Crippen LogP contribution < -0.4 is 5.73 Å². The number of aliphatic carboxylic acids is 1. The molecule has 1 aliphatic rings. The van der Waals surface area contributed by atoms with Crippen LogP contribution in [-0.4, -0.2) is 42.2 Å². The Morgan fingerprint density at radius 1 is 1.50 bits per heavy atom. The van der Waals surface area contributed by atoms with Gasteiger partial charge < -0.3 is 15.7 Å². The third-order valence-corrected chi connectivity index (χ3v) is 3.62. The summed E-state index contributed by atoms with van der Waals surface area (Å²) in [6.07, 6.45) is 1.59. The van der Waals surface area contributed by atoms with Crippen molar-refractivity contribution in [3.05, 3.63) is 35.4 Å². The van der Waals surface area contributed by atoms with Crippen molar-refractivity contribution in [1.82, 2.24) is 4.90 Å². The van der Waals surface area contributed by atoms with Crippen molar-refractivity contribution in [3.8, 4) is 0 Å². The van der Waals surface area contributed by atoms with Crippen LogP contribution in [0.3, 0.4) is 0 Å². The fourth-order valence-corrected chi connectivity index (χ4v) is 2.47. The lowest BCUT2D eigenvalue weighted by molar-refractivity contribution is -0.138. The van der Waals surface area contributed by atoms with E-state index in [1.807, 2.05) is 12.1 Å². The summed E-state index contributed by atoms with van der Waals surface area (Å²) in [5, 5.41) is 8.77. The molecule has 1 aliphatic heterocycles. The molecule has 18 heavy (non-hydrogen) atoms. The molecule has 4 heteroatoms. The van der Waals surface area contributed by atoms with Gasteiger partial charge in [-0.1, -0.05) is 24.3 Å². The number of carbonyl (C=O) groups is 1. The van der Waals surface area contributed by atoms with Crippen molar-refractivity contribution >= 4 is 5.97 Å². The molecule has 2 atom stereocenters. The molecule has 0 radical (unpaired) electrons. The topological polar surface area (TPSA) is 66.6 Å². The zero-order chi connectivity index (χ0) is 13.1. The molecule has 4 nitrogen and oxygen atoms in total. The van der Waals surface area contributed by atoms with Crippen LogP contribution in [0.2, 0.25) is 0 Å². The van der Waals surface area contributed by atoms with Gasteiger partial charge in [0.25, 0.3) is 0 Å². The largest absolute Gasteiger partial charge is 0.480 e. The molecule has 1 fully saturated rings. The number of hydrogen-bond acceptors (Lipinski definition) is 3. The summed E-state index contributed by atoms with van der Waals surface area (Å²) in [5.41, 5.74) is 7.85. The average molecular weight is 248 g/mol. The number of benzene rings is 1. The van der Waals surface area contributed by atoms with Crippen molar-refractivity contribution in [2.75, 3.05) is 20.1 Å². The molecule has 98 valence electrons. The highest BCUT2D eigenvalue weighted by Gasteiger charge is 2.21. The van der Waals surface area contributed by atoms with Crippen LogP contribution in [-0.2, 0) is 11.2 Å². The fraction of sp³-hybridized carbons (Fsp3) is 0.500. The van der Waals surface area contributed by atoms with Gasteiger partial charge in [0, 0.05) is 6.54 Å². The summed E-state index contributed by atoms with van der Waals surface area (Å²) < 4.78 is 0. The first-order valence-corrected chi connectivity index (χ1v) is 6.32. The van der Waals surface area contributed by atoms with Crippen molar-refractivity contribution in [2.45, 2.75) is 24.8 Å². The van der Waals surface area contributed by atoms with Crippen LogP contribution in [0.4, 0.5) is 0 Å². The predicted molar refractivity (Wildman–Crippen MR) is 70.6 cm³/mol. The lowest BCUT2D eigenvalue weighted by atomic mass is 9.96. The molecular weight excluding hydrogens is 228 g/mol. The minimum Gasteiger partial charge on any atom is -0.480 e. The lowest BCUT2D eigenvalue weighted by Gasteiger charge is -2.12. The second-order valence-corrected chi connectivity index (χ2v) is 5.14. The fourth-order valence-electron chi connectivity index (χ4n) is 2.47. The van der Waals surface area contributed by atoms with Crippen LogP contribution >= 0.6 is 0 Å². The summed E-state index contributed by atoms with van der Waals surface area (Å²) >= 11 is 0. The molecule has 0 bridgehead atoms. The minimum atomic E-state index is -0.948. The summed E-state index contributed by atoms with van der Waals surface area (Å²) in [5.74, 6) is -0.339. The zero-order valence-corrected chi connectivity index (χ0v) is 10.7. The minimum absolute atomic E-state index is 0.389. The number of nitrogens with two attached hydrogens (primary N) is 1. The number of carboxylic acids is 1. The van der Waals surface area contributed by atoms with Crippen LogP contribution in [0.15, 0.2) is 24.3 Å². The smallest absolute Gasteiger partial charge is 0.320 e. The number of likely N-dealkylation sites (tertiary alicyclic amines) is 1. The van der Waals surface area contributed by atoms with Crippen molar-refractivity contribution in [3.63, 3.8) is 0 Å². The standard InChI is InChI=1S/C14H20N2O2/c1-16-7-6-12(9-16)11-4-2-10(3-5-11)8-13(15)14(17)18/h2-5,12-13H,6-9,15H2,1H3,(H,17,18). The summed E-state index contributed by atoms with van der Waals surface area (Å²) in [7, 11) is 2.14. The van der Waals surface area contributed by atoms with Gasteiger partial charge in [0.1, 0.15) is 6.04 Å². The molecule has 1 heterocycles. The molecular formula is C14H20N2O2. The molecule has 2 rings (SSSR count). The Hall–Kier alpha value is -1.39. The second-order valence-electron chi connectivity index (χ2n) is 5.14. The van der Waals surface area contributed by atoms with Crippen LogP contribution in [0.5, 0.6) is 0 Å². The van der Waals surface area contributed by atoms with Crippen LogP contribution in [0.25, 0.3) is 0 Å². The summed E-state index contributed by atoms with van der Waals surface area (Å²) in [6, 6.07) is 7.39. The summed E-state index contributed by atoms with van der Waals surface area (Å²) in [6.45, 7) is 2.25. The molecule has 1 aromatic rings. The molecule has 3 N–H and O–H groups in total. The van der Waals surface area contributed by atoms with Crippen LogP contribution in [0, 0.1) is 0 Å². The third kappa shape index (κ3) is 3.09. The van der Waals surface area contributed by atoms with Gasteiger partial charge >= 0.3 is 5.97 Å². The van der Waals surface area contributed by atoms with Gasteiger partial charge in [-0.25, -0.2) is 0 Å². The molecule has 0 aromatic heterocycles. The number of nitrogens with zero attached hydrogens (tertiary/aromatic N) is 1. The van der Waals surface area contributed by atoms with E-state index < -0.39 is 12.0 Å². The van der Waals surface area contributed by atoms with Gasteiger partial charge in [-0.2, -0.15) is 0 Å². The third-order valence-electron chi connectivity index (χ3n) is 3.62. The van der Waals surface area contributed by atoms with E-state index in [0.717, 1.165) is 18.7 Å². The Kier molecular flexibility index (Phi) is 3.99. The Balaban J connectivity index is 1.99. The van der Waals surface area contributed by atoms with Gasteiger partial charge in [0.15, 0.2) is 0 Å². The Morgan fingerprint density at radius 2 is 2.17 bits per heavy atom. The van der Waals surface area contributed by atoms with E-state index in [1.54, 1.807) is 0 Å². The Bertz CT molecular complexity index is 416. The molecule has 0 aliphatic carbocycles. The SMILES string of the molecule is CN1CCC(c2ccc(CC(N)C(=O)O)cc2)C1. The van der Waals surface area contributed by atoms with Crippen molar-refractivity contribution in [2.24, 2.45) is 5.73 Å². The van der Waals surface area contributed by atoms with E-state index >= 15 is 0 Å². The molecule has 0 spiro atoms. The number of hydrogen-bond donors (Lipinski definition) is 2. The lowest BCUT2D eigenvalue weighted by Crippen LogP contribution is -2.32. The maximum atomic E-state index is 10.7. The molecule has 1 aromatic carbocycles. The Morgan fingerprint density at radius 3 is 2.67 bits per heavy atom. The highest BCUT2D eigenvalue weighted by atomic mass is 16.4. The number of likely N-dealkylation sites (N-methyl/N-ethyl adjacent to an activating group) is 1. The predicted octanol–water partition coefficient (Wildman–Crippen LogP) is 1.06. The first-order valence-electron chi connectivity index (χ1n) is 6.32. The van der Waals surface area contributed by atoms with E-state index in [2.05, 4.69) is 24.1 Å². The normalized spacial score (nSPS) is 22.0. The van der Waals surface area contributed by atoms with E-state index in [-0.39, 0.29) is 0 Å². The highest BCUT2D eigenvalue weighted by Crippen LogP contribution is 2.26. The van der Waals surface area contributed by atoms with E-state index in [1.165, 1.54) is 12.0 Å². The summed E-state index contributed by atoms with van der Waals surface area (Å²) in [4.78, 5) is 13.0. The van der Waals surface area contributed by atoms with Gasteiger partial charge in [0.2, 0.25) is 0 Å². The van der Waals surface area contributed by atoms with E-state index in [9.17, 15) is 4.79 Å². The Labute approximate surface area is 107 Å².